The van der Waals surface area contributed by atoms with Crippen LogP contribution in [0.1, 0.15) is 64.7 Å². The first-order valence-electron chi connectivity index (χ1n) is 13.6. The lowest BCUT2D eigenvalue weighted by atomic mass is 9.49. The minimum absolute atomic E-state index is 0.00356. The van der Waals surface area contributed by atoms with Crippen LogP contribution in [-0.2, 0) is 28.6 Å². The van der Waals surface area contributed by atoms with E-state index >= 15 is 0 Å². The average molecular weight is 541 g/mol. The Morgan fingerprint density at radius 2 is 1.84 bits per heavy atom. The molecule has 4 unspecified atom stereocenters. The molecule has 0 saturated heterocycles. The van der Waals surface area contributed by atoms with E-state index in [-0.39, 0.29) is 22.7 Å². The van der Waals surface area contributed by atoms with Crippen LogP contribution >= 0.6 is 0 Å². The monoisotopic (exact) mass is 540 g/mol. The highest BCUT2D eigenvalue weighted by atomic mass is 32.2. The number of carbonyl (C=O) groups is 2. The molecule has 4 aliphatic carbocycles. The summed E-state index contributed by atoms with van der Waals surface area (Å²) in [5.74, 6) is 5.05. The third-order valence-electron chi connectivity index (χ3n) is 9.96. The molecule has 6 atom stereocenters. The molecule has 0 spiro atoms. The van der Waals surface area contributed by atoms with Gasteiger partial charge in [0.2, 0.25) is 0 Å². The zero-order chi connectivity index (χ0) is 27.1. The van der Waals surface area contributed by atoms with Crippen molar-refractivity contribution in [2.45, 2.75) is 75.2 Å². The summed E-state index contributed by atoms with van der Waals surface area (Å²) in [5, 5.41) is 0. The molecular weight excluding hydrogens is 504 g/mol. The maximum Gasteiger partial charge on any atom is 0.345 e. The minimum atomic E-state index is -3.80. The van der Waals surface area contributed by atoms with E-state index in [1.165, 1.54) is 29.8 Å². The maximum absolute atomic E-state index is 13.0. The molecule has 204 valence electrons. The summed E-state index contributed by atoms with van der Waals surface area (Å²) in [6.45, 7) is 1.85. The molecule has 1 aromatic rings. The molecule has 0 radical (unpaired) electrons. The number of ether oxygens (including phenoxy) is 2. The summed E-state index contributed by atoms with van der Waals surface area (Å²) in [7, 11) is -2.70. The molecule has 0 aromatic heterocycles. The first-order chi connectivity index (χ1) is 18.2. The zero-order valence-corrected chi connectivity index (χ0v) is 22.9. The zero-order valence-electron chi connectivity index (χ0n) is 22.1. The number of ketones is 1. The van der Waals surface area contributed by atoms with Crippen LogP contribution in [-0.4, -0.2) is 39.5 Å². The first kappa shape index (κ1) is 27.0. The molecule has 0 amide bonds. The van der Waals surface area contributed by atoms with E-state index in [9.17, 15) is 18.0 Å². The molecule has 0 bridgehead atoms. The van der Waals surface area contributed by atoms with E-state index < -0.39 is 21.7 Å². The van der Waals surface area contributed by atoms with Gasteiger partial charge in [0.1, 0.15) is 5.75 Å². The number of esters is 1. The number of terminal acetylenes is 1. The summed E-state index contributed by atoms with van der Waals surface area (Å²) >= 11 is 0. The lowest BCUT2D eigenvalue weighted by Crippen LogP contribution is -2.55. The fourth-order valence-electron chi connectivity index (χ4n) is 8.28. The van der Waals surface area contributed by atoms with Crippen LogP contribution in [0.2, 0.25) is 0 Å². The summed E-state index contributed by atoms with van der Waals surface area (Å²) in [4.78, 5) is 25.1. The van der Waals surface area contributed by atoms with Crippen molar-refractivity contribution in [2.24, 2.45) is 29.1 Å². The Balaban J connectivity index is 1.29. The second kappa shape index (κ2) is 10.2. The molecule has 0 heterocycles. The first-order valence-corrected chi connectivity index (χ1v) is 15.1. The summed E-state index contributed by atoms with van der Waals surface area (Å²) in [6.07, 6.45) is 16.1. The number of carbonyl (C=O) groups excluding carboxylic acids is 2. The quantitative estimate of drug-likeness (QED) is 0.277. The molecule has 38 heavy (non-hydrogen) atoms. The van der Waals surface area contributed by atoms with Gasteiger partial charge in [-0.15, -0.1) is 6.42 Å². The predicted octanol–water partition coefficient (Wildman–Crippen LogP) is 4.85. The fraction of sp³-hybridized carbons (Fsp3) is 0.600. The van der Waals surface area contributed by atoms with Crippen molar-refractivity contribution < 1.29 is 31.7 Å². The van der Waals surface area contributed by atoms with E-state index in [1.54, 1.807) is 0 Å². The topological polar surface area (TPSA) is 96.0 Å². The van der Waals surface area contributed by atoms with Gasteiger partial charge < -0.3 is 9.47 Å². The van der Waals surface area contributed by atoms with Crippen molar-refractivity contribution in [1.82, 2.24) is 0 Å². The van der Waals surface area contributed by atoms with Gasteiger partial charge in [-0.1, -0.05) is 18.4 Å². The highest BCUT2D eigenvalue weighted by Gasteiger charge is 2.65. The number of fused-ring (bicyclic) bond motifs is 5. The molecule has 3 fully saturated rings. The highest BCUT2D eigenvalue weighted by molar-refractivity contribution is 7.86. The summed E-state index contributed by atoms with van der Waals surface area (Å²) in [5.41, 5.74) is 0.122. The van der Waals surface area contributed by atoms with Crippen molar-refractivity contribution in [2.75, 3.05) is 13.7 Å². The molecule has 1 aromatic carbocycles. The second-order valence-electron chi connectivity index (χ2n) is 11.2. The van der Waals surface area contributed by atoms with Gasteiger partial charge in [0.15, 0.2) is 18.0 Å². The largest absolute Gasteiger partial charge is 0.482 e. The van der Waals surface area contributed by atoms with Gasteiger partial charge in [-0.25, -0.2) is 4.79 Å². The Kier molecular flexibility index (Phi) is 7.21. The molecule has 4 aliphatic rings. The maximum atomic E-state index is 13.0. The van der Waals surface area contributed by atoms with Gasteiger partial charge in [0.25, 0.3) is 10.1 Å². The summed E-state index contributed by atoms with van der Waals surface area (Å²) < 4.78 is 39.9. The Hall–Kier alpha value is -2.63. The van der Waals surface area contributed by atoms with Gasteiger partial charge in [-0.3, -0.25) is 8.98 Å². The molecule has 8 heteroatoms. The van der Waals surface area contributed by atoms with E-state index in [4.69, 9.17) is 15.9 Å². The van der Waals surface area contributed by atoms with Crippen LogP contribution in [0.5, 0.6) is 5.75 Å². The molecule has 0 aliphatic heterocycles. The van der Waals surface area contributed by atoms with E-state index in [1.807, 2.05) is 6.08 Å². The molecule has 5 rings (SSSR count). The van der Waals surface area contributed by atoms with Crippen LogP contribution in [0.4, 0.5) is 0 Å². The predicted molar refractivity (Wildman–Crippen MR) is 140 cm³/mol. The van der Waals surface area contributed by atoms with Gasteiger partial charge in [0, 0.05) is 11.8 Å². The number of allylic oxidation sites excluding steroid dienone is 1. The van der Waals surface area contributed by atoms with Crippen LogP contribution in [0.25, 0.3) is 0 Å². The van der Waals surface area contributed by atoms with Crippen molar-refractivity contribution in [3.05, 3.63) is 35.9 Å². The molecule has 0 N–H and O–H groups in total. The highest BCUT2D eigenvalue weighted by Crippen LogP contribution is 2.67. The third kappa shape index (κ3) is 4.38. The van der Waals surface area contributed by atoms with Crippen LogP contribution < -0.4 is 4.74 Å². The lowest BCUT2D eigenvalue weighted by molar-refractivity contribution is -0.175. The Bertz CT molecular complexity index is 1270. The standard InChI is InChI=1S/C30H36O7S/c1-4-29-16-14-25-24-13-7-21(31)18-20(24)6-12-26(25)27(29)15-17-30(29,5-2)37-28(32)19-36-22-8-10-23(11-9-22)38(33,34)35-3/h2,8-11,18,24-27H,4,6-7,12-17,19H2,1,3H3/t24?,25?,26?,27?,29-,30-/m0/s1. The van der Waals surface area contributed by atoms with Gasteiger partial charge in [-0.2, -0.15) is 8.42 Å². The van der Waals surface area contributed by atoms with Crippen molar-refractivity contribution in [3.8, 4) is 18.1 Å². The fourth-order valence-corrected chi connectivity index (χ4v) is 8.94. The Morgan fingerprint density at radius 3 is 2.53 bits per heavy atom. The van der Waals surface area contributed by atoms with Crippen molar-refractivity contribution >= 4 is 21.9 Å². The van der Waals surface area contributed by atoms with Gasteiger partial charge in [0.05, 0.1) is 12.0 Å². The molecule has 7 nitrogen and oxygen atoms in total. The SMILES string of the molecule is C#C[C@]1(OC(=O)COc2ccc(S(=O)(=O)OC)cc2)CCC2C3CCC4=CC(=O)CCC4C3CC[C@@]21CC. The number of benzene rings is 1. The Labute approximate surface area is 225 Å². The smallest absolute Gasteiger partial charge is 0.345 e. The van der Waals surface area contributed by atoms with E-state index in [0.29, 0.717) is 42.3 Å². The van der Waals surface area contributed by atoms with Gasteiger partial charge >= 0.3 is 5.97 Å². The number of rotatable bonds is 7. The van der Waals surface area contributed by atoms with Crippen LogP contribution in [0.15, 0.2) is 40.8 Å². The van der Waals surface area contributed by atoms with E-state index in [2.05, 4.69) is 17.0 Å². The number of hydrogen-bond acceptors (Lipinski definition) is 7. The van der Waals surface area contributed by atoms with Crippen LogP contribution in [0, 0.1) is 41.4 Å². The molecular formula is C30H36O7S. The second-order valence-corrected chi connectivity index (χ2v) is 12.9. The van der Waals surface area contributed by atoms with Crippen molar-refractivity contribution in [3.63, 3.8) is 0 Å². The Morgan fingerprint density at radius 1 is 1.08 bits per heavy atom. The average Bonchev–Trinajstić information content (AvgIpc) is 3.26. The van der Waals surface area contributed by atoms with Crippen molar-refractivity contribution in [1.29, 1.82) is 0 Å². The molecule has 3 saturated carbocycles. The van der Waals surface area contributed by atoms with Crippen LogP contribution in [0.3, 0.4) is 0 Å². The summed E-state index contributed by atoms with van der Waals surface area (Å²) in [6, 6.07) is 5.67. The van der Waals surface area contributed by atoms with Gasteiger partial charge in [-0.05, 0) is 105 Å². The minimum Gasteiger partial charge on any atom is -0.482 e. The lowest BCUT2D eigenvalue weighted by Gasteiger charge is -2.56. The third-order valence-corrected chi connectivity index (χ3v) is 11.2. The normalized spacial score (nSPS) is 34.2. The number of hydrogen-bond donors (Lipinski definition) is 0. The van der Waals surface area contributed by atoms with E-state index in [0.717, 1.165) is 52.1 Å².